The van der Waals surface area contributed by atoms with Gasteiger partial charge in [-0.3, -0.25) is 0 Å². The maximum atomic E-state index is 5.35. The lowest BCUT2D eigenvalue weighted by Crippen LogP contribution is -2.07. The summed E-state index contributed by atoms with van der Waals surface area (Å²) in [5.74, 6) is 2.20. The average Bonchev–Trinajstić information content (AvgIpc) is 2.88. The maximum Gasteiger partial charge on any atom is 0.158 e. The molecule has 2 aromatic heterocycles. The molecule has 0 aliphatic carbocycles. The topological polar surface area (TPSA) is 72.0 Å². The maximum absolute atomic E-state index is 5.35. The van der Waals surface area contributed by atoms with Crippen LogP contribution in [0.4, 0.5) is 11.6 Å². The number of hydrogen-bond acceptors (Lipinski definition) is 7. The zero-order valence-electron chi connectivity index (χ0n) is 11.9. The second kappa shape index (κ2) is 7.16. The molecule has 7 heteroatoms. The van der Waals surface area contributed by atoms with Gasteiger partial charge in [-0.05, 0) is 13.8 Å². The Labute approximate surface area is 122 Å². The van der Waals surface area contributed by atoms with Crippen molar-refractivity contribution in [2.24, 2.45) is 0 Å². The first-order valence-corrected chi connectivity index (χ1v) is 7.31. The molecule has 0 unspecified atom stereocenters. The number of nitrogens with one attached hydrogen (secondary N) is 2. The molecule has 2 N–H and O–H groups in total. The highest BCUT2D eigenvalue weighted by Gasteiger charge is 2.05. The van der Waals surface area contributed by atoms with Gasteiger partial charge in [0.15, 0.2) is 5.82 Å². The Morgan fingerprint density at radius 3 is 2.75 bits per heavy atom. The molecule has 20 heavy (non-hydrogen) atoms. The number of aryl methyl sites for hydroxylation is 1. The molecule has 108 valence electrons. The van der Waals surface area contributed by atoms with Gasteiger partial charge < -0.3 is 15.4 Å². The van der Waals surface area contributed by atoms with Crippen LogP contribution >= 0.6 is 11.3 Å². The number of nitrogens with zero attached hydrogens (tertiary/aromatic N) is 3. The first-order chi connectivity index (χ1) is 9.71. The smallest absolute Gasteiger partial charge is 0.158 e. The van der Waals surface area contributed by atoms with E-state index in [1.165, 1.54) is 4.88 Å². The summed E-state index contributed by atoms with van der Waals surface area (Å²) in [6, 6.07) is 1.87. The van der Waals surface area contributed by atoms with E-state index in [4.69, 9.17) is 4.74 Å². The fraction of sp³-hybridized carbons (Fsp3) is 0.462. The molecule has 2 rings (SSSR count). The molecule has 0 spiro atoms. The van der Waals surface area contributed by atoms with Crippen molar-refractivity contribution in [1.29, 1.82) is 0 Å². The third-order valence-electron chi connectivity index (χ3n) is 2.55. The monoisotopic (exact) mass is 293 g/mol. The Morgan fingerprint density at radius 1 is 1.30 bits per heavy atom. The molecule has 6 nitrogen and oxygen atoms in total. The fourth-order valence-electron chi connectivity index (χ4n) is 1.62. The van der Waals surface area contributed by atoms with E-state index < -0.39 is 0 Å². The lowest BCUT2D eigenvalue weighted by molar-refractivity contribution is 0.128. The second-order valence-electron chi connectivity index (χ2n) is 4.16. The van der Waals surface area contributed by atoms with E-state index in [1.54, 1.807) is 11.3 Å². The van der Waals surface area contributed by atoms with Crippen LogP contribution in [0.25, 0.3) is 0 Å². The molecule has 0 fully saturated rings. The first kappa shape index (κ1) is 14.7. The van der Waals surface area contributed by atoms with Gasteiger partial charge in [-0.1, -0.05) is 0 Å². The molecular weight excluding hydrogens is 274 g/mol. The Kier molecular flexibility index (Phi) is 5.25. The Morgan fingerprint density at radius 2 is 2.10 bits per heavy atom. The largest absolute Gasteiger partial charge is 0.374 e. The predicted molar refractivity (Wildman–Crippen MR) is 81.1 cm³/mol. The first-order valence-electron chi connectivity index (χ1n) is 6.50. The number of hydrogen-bond donors (Lipinski definition) is 2. The SMILES string of the molecule is CCOCc1nc(NC)cc(NCc2ncc(C)s2)n1. The second-order valence-corrected chi connectivity index (χ2v) is 5.48. The summed E-state index contributed by atoms with van der Waals surface area (Å²) in [5.41, 5.74) is 0. The molecular formula is C13H19N5OS. The molecule has 0 amide bonds. The lowest BCUT2D eigenvalue weighted by Gasteiger charge is -2.09. The lowest BCUT2D eigenvalue weighted by atomic mass is 10.4. The summed E-state index contributed by atoms with van der Waals surface area (Å²) >= 11 is 1.68. The molecule has 0 saturated heterocycles. The van der Waals surface area contributed by atoms with E-state index in [0.29, 0.717) is 25.6 Å². The van der Waals surface area contributed by atoms with Crippen LogP contribution in [-0.2, 0) is 17.9 Å². The van der Waals surface area contributed by atoms with Crippen molar-refractivity contribution in [3.05, 3.63) is 28.0 Å². The number of anilines is 2. The van der Waals surface area contributed by atoms with Crippen molar-refractivity contribution in [2.75, 3.05) is 24.3 Å². The van der Waals surface area contributed by atoms with Crippen LogP contribution in [0.15, 0.2) is 12.3 Å². The molecule has 2 aromatic rings. The minimum atomic E-state index is 0.414. The van der Waals surface area contributed by atoms with Crippen LogP contribution in [0, 0.1) is 6.92 Å². The third-order valence-corrected chi connectivity index (χ3v) is 3.47. The van der Waals surface area contributed by atoms with E-state index >= 15 is 0 Å². The van der Waals surface area contributed by atoms with Crippen LogP contribution in [-0.4, -0.2) is 28.6 Å². The highest BCUT2D eigenvalue weighted by molar-refractivity contribution is 7.11. The summed E-state index contributed by atoms with van der Waals surface area (Å²) in [5, 5.41) is 7.33. The van der Waals surface area contributed by atoms with Crippen LogP contribution in [0.5, 0.6) is 0 Å². The number of ether oxygens (including phenoxy) is 1. The van der Waals surface area contributed by atoms with Crippen LogP contribution in [0.1, 0.15) is 22.6 Å². The zero-order chi connectivity index (χ0) is 14.4. The van der Waals surface area contributed by atoms with Gasteiger partial charge in [-0.15, -0.1) is 11.3 Å². The predicted octanol–water partition coefficient (Wildman–Crippen LogP) is 2.43. The van der Waals surface area contributed by atoms with Crippen molar-refractivity contribution < 1.29 is 4.74 Å². The van der Waals surface area contributed by atoms with Gasteiger partial charge in [0.25, 0.3) is 0 Å². The number of thiazole rings is 1. The van der Waals surface area contributed by atoms with Gasteiger partial charge in [0.05, 0.1) is 6.54 Å². The van der Waals surface area contributed by atoms with Gasteiger partial charge in [0.2, 0.25) is 0 Å². The van der Waals surface area contributed by atoms with E-state index in [2.05, 4.69) is 25.6 Å². The van der Waals surface area contributed by atoms with E-state index in [-0.39, 0.29) is 0 Å². The molecule has 0 aliphatic rings. The summed E-state index contributed by atoms with van der Waals surface area (Å²) in [4.78, 5) is 14.3. The minimum absolute atomic E-state index is 0.414. The Balaban J connectivity index is 2.05. The van der Waals surface area contributed by atoms with Crippen molar-refractivity contribution in [1.82, 2.24) is 15.0 Å². The molecule has 0 saturated carbocycles. The van der Waals surface area contributed by atoms with Gasteiger partial charge in [0.1, 0.15) is 23.3 Å². The van der Waals surface area contributed by atoms with Gasteiger partial charge in [0, 0.05) is 30.8 Å². The number of aromatic nitrogens is 3. The van der Waals surface area contributed by atoms with E-state index in [1.807, 2.05) is 33.2 Å². The van der Waals surface area contributed by atoms with Gasteiger partial charge in [-0.2, -0.15) is 0 Å². The Hall–Kier alpha value is -1.73. The summed E-state index contributed by atoms with van der Waals surface area (Å²) in [6.07, 6.45) is 1.88. The molecule has 0 atom stereocenters. The zero-order valence-corrected chi connectivity index (χ0v) is 12.8. The average molecular weight is 293 g/mol. The quantitative estimate of drug-likeness (QED) is 0.817. The summed E-state index contributed by atoms with van der Waals surface area (Å²) < 4.78 is 5.35. The highest BCUT2D eigenvalue weighted by atomic mass is 32.1. The van der Waals surface area contributed by atoms with Crippen molar-refractivity contribution in [3.63, 3.8) is 0 Å². The molecule has 0 aliphatic heterocycles. The summed E-state index contributed by atoms with van der Waals surface area (Å²) in [7, 11) is 1.83. The molecule has 0 radical (unpaired) electrons. The van der Waals surface area contributed by atoms with Crippen molar-refractivity contribution in [2.45, 2.75) is 27.0 Å². The van der Waals surface area contributed by atoms with Crippen LogP contribution in [0.2, 0.25) is 0 Å². The molecule has 0 bridgehead atoms. The minimum Gasteiger partial charge on any atom is -0.374 e. The summed E-state index contributed by atoms with van der Waals surface area (Å²) in [6.45, 7) is 5.72. The fourth-order valence-corrected chi connectivity index (χ4v) is 2.35. The molecule has 0 aromatic carbocycles. The van der Waals surface area contributed by atoms with Crippen LogP contribution < -0.4 is 10.6 Å². The highest BCUT2D eigenvalue weighted by Crippen LogP contribution is 2.15. The Bertz CT molecular complexity index is 557. The van der Waals surface area contributed by atoms with Gasteiger partial charge >= 0.3 is 0 Å². The van der Waals surface area contributed by atoms with Gasteiger partial charge in [-0.25, -0.2) is 15.0 Å². The van der Waals surface area contributed by atoms with Crippen molar-refractivity contribution >= 4 is 23.0 Å². The standard InChI is InChI=1S/C13H19N5OS/c1-4-19-8-12-17-10(14-3)5-11(18-12)15-7-13-16-6-9(2)20-13/h5-6H,4,7-8H2,1-3H3,(H2,14,15,17,18). The molecule has 2 heterocycles. The van der Waals surface area contributed by atoms with E-state index in [9.17, 15) is 0 Å². The normalized spacial score (nSPS) is 10.6. The third kappa shape index (κ3) is 4.14. The number of rotatable bonds is 7. The van der Waals surface area contributed by atoms with Crippen LogP contribution in [0.3, 0.4) is 0 Å². The van der Waals surface area contributed by atoms with Crippen molar-refractivity contribution in [3.8, 4) is 0 Å². The van der Waals surface area contributed by atoms with E-state index in [0.717, 1.165) is 16.6 Å².